The van der Waals surface area contributed by atoms with E-state index in [-0.39, 0.29) is 5.69 Å². The fourth-order valence-electron chi connectivity index (χ4n) is 2.51. The molecule has 7 nitrogen and oxygen atoms in total. The van der Waals surface area contributed by atoms with E-state index in [1.54, 1.807) is 11.7 Å². The second kappa shape index (κ2) is 5.53. The van der Waals surface area contributed by atoms with Gasteiger partial charge in [0.2, 0.25) is 5.69 Å². The monoisotopic (exact) mass is 310 g/mol. The molecule has 0 saturated carbocycles. The predicted octanol–water partition coefficient (Wildman–Crippen LogP) is 1.35. The number of aliphatic imine (C=N–C) groups is 1. The van der Waals surface area contributed by atoms with Gasteiger partial charge in [0.15, 0.2) is 7.05 Å². The van der Waals surface area contributed by atoms with Crippen molar-refractivity contribution in [1.82, 2.24) is 4.68 Å². The number of aryl methyl sites for hydroxylation is 1. The first kappa shape index (κ1) is 14.7. The van der Waals surface area contributed by atoms with Crippen molar-refractivity contribution in [2.75, 3.05) is 0 Å². The molecule has 1 aromatic heterocycles. The summed E-state index contributed by atoms with van der Waals surface area (Å²) in [5.74, 6) is -0.391. The summed E-state index contributed by atoms with van der Waals surface area (Å²) in [6.45, 7) is 0. The molecule has 0 bridgehead atoms. The minimum absolute atomic E-state index is 0.0351. The Morgan fingerprint density at radius 2 is 1.83 bits per heavy atom. The first-order valence-corrected chi connectivity index (χ1v) is 6.93. The molecule has 0 spiro atoms. The highest BCUT2D eigenvalue weighted by Gasteiger charge is 2.19. The average Bonchev–Trinajstić information content (AvgIpc) is 2.80. The lowest BCUT2D eigenvalue weighted by molar-refractivity contribution is -0.751. The maximum Gasteiger partial charge on any atom is 0.269 e. The third kappa shape index (κ3) is 2.52. The zero-order valence-corrected chi connectivity index (χ0v) is 12.6. The Labute approximate surface area is 131 Å². The second-order valence-electron chi connectivity index (χ2n) is 5.10. The molecule has 3 aromatic rings. The van der Waals surface area contributed by atoms with Crippen LogP contribution in [0.15, 0.2) is 53.5 Å². The summed E-state index contributed by atoms with van der Waals surface area (Å²) in [7, 11) is 3.66. The van der Waals surface area contributed by atoms with Crippen molar-refractivity contribution in [2.24, 2.45) is 19.1 Å². The molecule has 3 rings (SSSR count). The summed E-state index contributed by atoms with van der Waals surface area (Å²) in [5, 5.41) is 24.0. The largest absolute Gasteiger partial charge is 0.854 e. The zero-order valence-electron chi connectivity index (χ0n) is 12.6. The number of hydrogen-bond donors (Lipinski definition) is 0. The predicted molar refractivity (Wildman–Crippen MR) is 83.4 cm³/mol. The molecule has 0 aliphatic rings. The molecular weight excluding hydrogens is 296 g/mol. The van der Waals surface area contributed by atoms with Crippen molar-refractivity contribution >= 4 is 28.2 Å². The molecular formula is C16H14N4O3. The van der Waals surface area contributed by atoms with Crippen LogP contribution in [0, 0.1) is 10.1 Å². The summed E-state index contributed by atoms with van der Waals surface area (Å²) >= 11 is 0. The van der Waals surface area contributed by atoms with Gasteiger partial charge in [0.05, 0.1) is 28.9 Å². The first-order chi connectivity index (χ1) is 11.0. The summed E-state index contributed by atoms with van der Waals surface area (Å²) < 4.78 is 3.61. The summed E-state index contributed by atoms with van der Waals surface area (Å²) in [6, 6.07) is 13.1. The zero-order chi connectivity index (χ0) is 16.6. The molecule has 0 saturated heterocycles. The lowest BCUT2D eigenvalue weighted by atomic mass is 10.2. The molecule has 0 fully saturated rings. The Bertz CT molecular complexity index is 926. The van der Waals surface area contributed by atoms with Crippen LogP contribution < -0.4 is 9.79 Å². The Hall–Kier alpha value is -3.22. The van der Waals surface area contributed by atoms with Crippen molar-refractivity contribution in [2.45, 2.75) is 0 Å². The topological polar surface area (TPSA) is 87.4 Å². The van der Waals surface area contributed by atoms with Crippen LogP contribution in [0.1, 0.15) is 5.69 Å². The third-order valence-corrected chi connectivity index (χ3v) is 3.78. The number of nitro groups is 1. The number of nitrogens with zero attached hydrogens (tertiary/aromatic N) is 4. The molecule has 0 N–H and O–H groups in total. The number of rotatable bonds is 3. The average molecular weight is 310 g/mol. The first-order valence-electron chi connectivity index (χ1n) is 6.93. The molecule has 0 atom stereocenters. The highest BCUT2D eigenvalue weighted by molar-refractivity contribution is 6.02. The van der Waals surface area contributed by atoms with E-state index in [0.29, 0.717) is 11.4 Å². The minimum Gasteiger partial charge on any atom is -0.854 e. The molecule has 1 heterocycles. The van der Waals surface area contributed by atoms with E-state index in [9.17, 15) is 15.2 Å². The van der Waals surface area contributed by atoms with Crippen LogP contribution in [-0.2, 0) is 14.1 Å². The molecule has 0 aliphatic heterocycles. The summed E-state index contributed by atoms with van der Waals surface area (Å²) in [5.41, 5.74) is 1.75. The highest BCUT2D eigenvalue weighted by atomic mass is 16.6. The standard InChI is InChI=1S/C16H14N4O3/c1-18-14-6-4-3-5-13(14)15(19(18)2)16(21)17-11-7-9-12(10-8-11)20(22)23/h3-10H,1-2H3. The SMILES string of the molecule is Cn1c2ccccc2c(C([O-])=Nc2ccc([N+](=O)[O-])cc2)[n+]1C. The van der Waals surface area contributed by atoms with E-state index in [0.717, 1.165) is 10.9 Å². The van der Waals surface area contributed by atoms with Crippen molar-refractivity contribution in [3.8, 4) is 0 Å². The van der Waals surface area contributed by atoms with Gasteiger partial charge >= 0.3 is 0 Å². The molecule has 2 aromatic carbocycles. The van der Waals surface area contributed by atoms with Gasteiger partial charge in [-0.2, -0.15) is 4.68 Å². The minimum atomic E-state index is -0.490. The van der Waals surface area contributed by atoms with Gasteiger partial charge in [0.25, 0.3) is 5.69 Å². The Morgan fingerprint density at radius 3 is 2.48 bits per heavy atom. The van der Waals surface area contributed by atoms with Crippen LogP contribution in [0.25, 0.3) is 10.9 Å². The van der Waals surface area contributed by atoms with E-state index in [4.69, 9.17) is 0 Å². The molecule has 0 aliphatic carbocycles. The third-order valence-electron chi connectivity index (χ3n) is 3.78. The van der Waals surface area contributed by atoms with Gasteiger partial charge in [0.1, 0.15) is 5.52 Å². The maximum atomic E-state index is 12.5. The Balaban J connectivity index is 2.08. The number of fused-ring (bicyclic) bond motifs is 1. The molecule has 7 heteroatoms. The van der Waals surface area contributed by atoms with Gasteiger partial charge < -0.3 is 5.11 Å². The fourth-order valence-corrected chi connectivity index (χ4v) is 2.51. The van der Waals surface area contributed by atoms with Gasteiger partial charge in [-0.15, -0.1) is 4.68 Å². The van der Waals surface area contributed by atoms with Crippen molar-refractivity contribution in [1.29, 1.82) is 0 Å². The van der Waals surface area contributed by atoms with Crippen LogP contribution in [-0.4, -0.2) is 15.5 Å². The number of nitro benzene ring substituents is 1. The van der Waals surface area contributed by atoms with Crippen LogP contribution in [0.3, 0.4) is 0 Å². The highest BCUT2D eigenvalue weighted by Crippen LogP contribution is 2.20. The van der Waals surface area contributed by atoms with Gasteiger partial charge in [-0.1, -0.05) is 12.1 Å². The van der Waals surface area contributed by atoms with Crippen molar-refractivity contribution in [3.63, 3.8) is 0 Å². The number of para-hydroxylation sites is 1. The number of hydrogen-bond acceptors (Lipinski definition) is 4. The van der Waals surface area contributed by atoms with Crippen LogP contribution in [0.4, 0.5) is 11.4 Å². The molecule has 0 amide bonds. The van der Waals surface area contributed by atoms with Crippen molar-refractivity contribution in [3.05, 3.63) is 64.3 Å². The van der Waals surface area contributed by atoms with Crippen LogP contribution in [0.5, 0.6) is 0 Å². The van der Waals surface area contributed by atoms with E-state index < -0.39 is 10.8 Å². The Kier molecular flexibility index (Phi) is 3.53. The summed E-state index contributed by atoms with van der Waals surface area (Å²) in [6.07, 6.45) is 0. The van der Waals surface area contributed by atoms with Crippen LogP contribution in [0.2, 0.25) is 0 Å². The van der Waals surface area contributed by atoms with Gasteiger partial charge in [-0.25, -0.2) is 0 Å². The fraction of sp³-hybridized carbons (Fsp3) is 0.125. The van der Waals surface area contributed by atoms with E-state index in [2.05, 4.69) is 4.99 Å². The summed E-state index contributed by atoms with van der Waals surface area (Å²) in [4.78, 5) is 14.2. The van der Waals surface area contributed by atoms with Crippen LogP contribution >= 0.6 is 0 Å². The number of non-ortho nitro benzene ring substituents is 1. The lowest BCUT2D eigenvalue weighted by Gasteiger charge is -2.06. The Morgan fingerprint density at radius 1 is 1.17 bits per heavy atom. The van der Waals surface area contributed by atoms with E-state index >= 15 is 0 Å². The van der Waals surface area contributed by atoms with Gasteiger partial charge in [0, 0.05) is 12.1 Å². The quantitative estimate of drug-likeness (QED) is 0.240. The van der Waals surface area contributed by atoms with Gasteiger partial charge in [-0.3, -0.25) is 15.1 Å². The van der Waals surface area contributed by atoms with E-state index in [1.165, 1.54) is 24.3 Å². The van der Waals surface area contributed by atoms with E-state index in [1.807, 2.05) is 36.0 Å². The maximum absolute atomic E-state index is 12.5. The second-order valence-corrected chi connectivity index (χ2v) is 5.10. The number of benzene rings is 2. The normalized spacial score (nSPS) is 11.8. The smallest absolute Gasteiger partial charge is 0.269 e. The van der Waals surface area contributed by atoms with Gasteiger partial charge in [-0.05, 0) is 24.3 Å². The van der Waals surface area contributed by atoms with Crippen molar-refractivity contribution < 1.29 is 14.7 Å². The molecule has 0 radical (unpaired) electrons. The molecule has 23 heavy (non-hydrogen) atoms. The molecule has 116 valence electrons. The molecule has 0 unspecified atom stereocenters. The lowest BCUT2D eigenvalue weighted by Crippen LogP contribution is -2.44. The number of aromatic nitrogens is 2.